The van der Waals surface area contributed by atoms with Gasteiger partial charge in [0.1, 0.15) is 0 Å². The molecule has 0 saturated heterocycles. The predicted molar refractivity (Wildman–Crippen MR) is 106 cm³/mol. The van der Waals surface area contributed by atoms with E-state index in [0.717, 1.165) is 17.4 Å². The van der Waals surface area contributed by atoms with E-state index >= 15 is 0 Å². The van der Waals surface area contributed by atoms with Crippen molar-refractivity contribution >= 4 is 33.2 Å². The largest absolute Gasteiger partial charge is 0.356 e. The van der Waals surface area contributed by atoms with Gasteiger partial charge in [-0.15, -0.1) is 0 Å². The SMILES string of the molecule is Cc1ccc(N(CCC(=O)NCCc2ccc(Cl)cc2)S(C)(=O)=O)cc1. The van der Waals surface area contributed by atoms with Gasteiger partial charge in [0.25, 0.3) is 0 Å². The maximum absolute atomic E-state index is 12.1. The number of amides is 1. The molecule has 0 fully saturated rings. The Bertz CT molecular complexity index is 834. The second-order valence-electron chi connectivity index (χ2n) is 6.15. The summed E-state index contributed by atoms with van der Waals surface area (Å²) in [4.78, 5) is 12.1. The molecule has 0 unspecified atom stereocenters. The second kappa shape index (κ2) is 9.05. The van der Waals surface area contributed by atoms with Crippen molar-refractivity contribution in [2.45, 2.75) is 19.8 Å². The number of aryl methyl sites for hydroxylation is 1. The first-order chi connectivity index (χ1) is 12.3. The van der Waals surface area contributed by atoms with Crippen molar-refractivity contribution in [2.75, 3.05) is 23.7 Å². The summed E-state index contributed by atoms with van der Waals surface area (Å²) in [5.41, 5.74) is 2.68. The Hall–Kier alpha value is -2.05. The topological polar surface area (TPSA) is 66.5 Å². The average Bonchev–Trinajstić information content (AvgIpc) is 2.57. The minimum Gasteiger partial charge on any atom is -0.356 e. The van der Waals surface area contributed by atoms with Crippen molar-refractivity contribution in [1.29, 1.82) is 0 Å². The van der Waals surface area contributed by atoms with Crippen LogP contribution in [0.1, 0.15) is 17.5 Å². The molecule has 0 saturated carbocycles. The highest BCUT2D eigenvalue weighted by Crippen LogP contribution is 2.18. The molecule has 2 aromatic carbocycles. The molecule has 0 atom stereocenters. The first-order valence-electron chi connectivity index (χ1n) is 8.31. The summed E-state index contributed by atoms with van der Waals surface area (Å²) < 4.78 is 25.3. The van der Waals surface area contributed by atoms with Gasteiger partial charge in [0.15, 0.2) is 0 Å². The number of hydrogen-bond donors (Lipinski definition) is 1. The van der Waals surface area contributed by atoms with E-state index in [0.29, 0.717) is 23.7 Å². The lowest BCUT2D eigenvalue weighted by molar-refractivity contribution is -0.120. The molecule has 2 rings (SSSR count). The number of hydrogen-bond acceptors (Lipinski definition) is 3. The number of carbonyl (C=O) groups excluding carboxylic acids is 1. The highest BCUT2D eigenvalue weighted by molar-refractivity contribution is 7.92. The second-order valence-corrected chi connectivity index (χ2v) is 8.49. The molecule has 0 spiro atoms. The Morgan fingerprint density at radius 1 is 1.08 bits per heavy atom. The lowest BCUT2D eigenvalue weighted by Gasteiger charge is -2.22. The van der Waals surface area contributed by atoms with E-state index in [1.165, 1.54) is 4.31 Å². The number of halogens is 1. The summed E-state index contributed by atoms with van der Waals surface area (Å²) in [6, 6.07) is 14.6. The molecular weight excluding hydrogens is 372 g/mol. The van der Waals surface area contributed by atoms with E-state index in [9.17, 15) is 13.2 Å². The molecule has 5 nitrogen and oxygen atoms in total. The number of rotatable bonds is 8. The van der Waals surface area contributed by atoms with Gasteiger partial charge >= 0.3 is 0 Å². The lowest BCUT2D eigenvalue weighted by atomic mass is 10.1. The molecule has 0 radical (unpaired) electrons. The zero-order chi connectivity index (χ0) is 19.2. The van der Waals surface area contributed by atoms with E-state index < -0.39 is 10.0 Å². The molecule has 0 aromatic heterocycles. The number of sulfonamides is 1. The Balaban J connectivity index is 1.86. The summed E-state index contributed by atoms with van der Waals surface area (Å²) in [6.45, 7) is 2.53. The van der Waals surface area contributed by atoms with Crippen molar-refractivity contribution in [3.05, 3.63) is 64.7 Å². The third-order valence-corrected chi connectivity index (χ3v) is 5.36. The first kappa shape index (κ1) is 20.3. The molecule has 0 bridgehead atoms. The Morgan fingerprint density at radius 2 is 1.69 bits per heavy atom. The molecule has 26 heavy (non-hydrogen) atoms. The van der Waals surface area contributed by atoms with Gasteiger partial charge in [-0.2, -0.15) is 0 Å². The fourth-order valence-electron chi connectivity index (χ4n) is 2.49. The molecule has 140 valence electrons. The van der Waals surface area contributed by atoms with E-state index in [4.69, 9.17) is 11.6 Å². The Kier molecular flexibility index (Phi) is 7.06. The summed E-state index contributed by atoms with van der Waals surface area (Å²) in [5, 5.41) is 3.50. The molecule has 2 aromatic rings. The van der Waals surface area contributed by atoms with Gasteiger partial charge < -0.3 is 5.32 Å². The minimum atomic E-state index is -3.45. The third kappa shape index (κ3) is 6.35. The summed E-state index contributed by atoms with van der Waals surface area (Å²) >= 11 is 5.84. The zero-order valence-electron chi connectivity index (χ0n) is 14.9. The quantitative estimate of drug-likeness (QED) is 0.747. The Labute approximate surface area is 160 Å². The van der Waals surface area contributed by atoms with Crippen LogP contribution in [-0.4, -0.2) is 33.7 Å². The maximum atomic E-state index is 12.1. The molecule has 0 heterocycles. The summed E-state index contributed by atoms with van der Waals surface area (Å²) in [5.74, 6) is -0.181. The smallest absolute Gasteiger partial charge is 0.232 e. The molecule has 0 aliphatic heterocycles. The molecular formula is C19H23ClN2O3S. The summed E-state index contributed by atoms with van der Waals surface area (Å²) in [7, 11) is -3.45. The van der Waals surface area contributed by atoms with Crippen molar-refractivity contribution in [3.63, 3.8) is 0 Å². The minimum absolute atomic E-state index is 0.0988. The van der Waals surface area contributed by atoms with Crippen LogP contribution < -0.4 is 9.62 Å². The lowest BCUT2D eigenvalue weighted by Crippen LogP contribution is -2.35. The van der Waals surface area contributed by atoms with Gasteiger partial charge in [-0.25, -0.2) is 8.42 Å². The van der Waals surface area contributed by atoms with Crippen LogP contribution in [0.5, 0.6) is 0 Å². The van der Waals surface area contributed by atoms with Crippen LogP contribution in [0.3, 0.4) is 0 Å². The monoisotopic (exact) mass is 394 g/mol. The van der Waals surface area contributed by atoms with Crippen LogP contribution in [0.15, 0.2) is 48.5 Å². The van der Waals surface area contributed by atoms with Gasteiger partial charge in [-0.3, -0.25) is 9.10 Å². The Morgan fingerprint density at radius 3 is 2.27 bits per heavy atom. The van der Waals surface area contributed by atoms with Crippen LogP contribution in [0.4, 0.5) is 5.69 Å². The third-order valence-electron chi connectivity index (χ3n) is 3.91. The number of nitrogens with zero attached hydrogens (tertiary/aromatic N) is 1. The van der Waals surface area contributed by atoms with E-state index in [2.05, 4.69) is 5.32 Å². The fraction of sp³-hybridized carbons (Fsp3) is 0.316. The highest BCUT2D eigenvalue weighted by atomic mass is 35.5. The zero-order valence-corrected chi connectivity index (χ0v) is 16.5. The van der Waals surface area contributed by atoms with E-state index in [1.807, 2.05) is 43.3 Å². The van der Waals surface area contributed by atoms with Crippen molar-refractivity contribution < 1.29 is 13.2 Å². The number of benzene rings is 2. The fourth-order valence-corrected chi connectivity index (χ4v) is 3.54. The van der Waals surface area contributed by atoms with Crippen molar-refractivity contribution in [2.24, 2.45) is 0 Å². The standard InChI is InChI=1S/C19H23ClN2O3S/c1-15-3-9-18(10-4-15)22(26(2,24)25)14-12-19(23)21-13-11-16-5-7-17(20)8-6-16/h3-10H,11-14H2,1-2H3,(H,21,23). The first-order valence-corrected chi connectivity index (χ1v) is 10.5. The predicted octanol–water partition coefficient (Wildman–Crippen LogP) is 3.16. The van der Waals surface area contributed by atoms with Crippen molar-refractivity contribution in [3.8, 4) is 0 Å². The van der Waals surface area contributed by atoms with Crippen LogP contribution >= 0.6 is 11.6 Å². The van der Waals surface area contributed by atoms with Crippen LogP contribution in [0.2, 0.25) is 5.02 Å². The molecule has 7 heteroatoms. The van der Waals surface area contributed by atoms with Crippen LogP contribution in [-0.2, 0) is 21.2 Å². The molecule has 1 N–H and O–H groups in total. The van der Waals surface area contributed by atoms with Gasteiger partial charge in [0, 0.05) is 24.5 Å². The van der Waals surface area contributed by atoms with Gasteiger partial charge in [0.2, 0.25) is 15.9 Å². The molecule has 0 aliphatic rings. The number of nitrogens with one attached hydrogen (secondary N) is 1. The normalized spacial score (nSPS) is 11.2. The number of carbonyl (C=O) groups is 1. The van der Waals surface area contributed by atoms with Gasteiger partial charge in [0.05, 0.1) is 11.9 Å². The van der Waals surface area contributed by atoms with Gasteiger partial charge in [-0.1, -0.05) is 41.4 Å². The summed E-state index contributed by atoms with van der Waals surface area (Å²) in [6.07, 6.45) is 1.93. The maximum Gasteiger partial charge on any atom is 0.232 e. The van der Waals surface area contributed by atoms with E-state index in [1.54, 1.807) is 12.1 Å². The molecule has 1 amide bonds. The van der Waals surface area contributed by atoms with Crippen LogP contribution in [0, 0.1) is 6.92 Å². The number of anilines is 1. The van der Waals surface area contributed by atoms with E-state index in [-0.39, 0.29) is 18.9 Å². The van der Waals surface area contributed by atoms with Crippen molar-refractivity contribution in [1.82, 2.24) is 5.32 Å². The van der Waals surface area contributed by atoms with Gasteiger partial charge in [-0.05, 0) is 43.2 Å². The average molecular weight is 395 g/mol. The highest BCUT2D eigenvalue weighted by Gasteiger charge is 2.18. The van der Waals surface area contributed by atoms with Crippen LogP contribution in [0.25, 0.3) is 0 Å². The molecule has 0 aliphatic carbocycles.